The van der Waals surface area contributed by atoms with Crippen LogP contribution in [-0.4, -0.2) is 5.91 Å². The van der Waals surface area contributed by atoms with Crippen molar-refractivity contribution in [2.45, 2.75) is 52.9 Å². The lowest BCUT2D eigenvalue weighted by Crippen LogP contribution is -2.35. The van der Waals surface area contributed by atoms with Gasteiger partial charge in [0, 0.05) is 5.41 Å². The van der Waals surface area contributed by atoms with Gasteiger partial charge in [-0.1, -0.05) is 26.2 Å². The summed E-state index contributed by atoms with van der Waals surface area (Å²) < 4.78 is 0. The Kier molecular flexibility index (Phi) is 3.83. The monoisotopic (exact) mass is 260 g/mol. The molecule has 3 nitrogen and oxygen atoms in total. The number of aryl methyl sites for hydroxylation is 2. The lowest BCUT2D eigenvalue weighted by atomic mass is 9.75. The van der Waals surface area contributed by atoms with Crippen LogP contribution in [0.15, 0.2) is 12.1 Å². The molecule has 0 radical (unpaired) electrons. The van der Waals surface area contributed by atoms with E-state index in [9.17, 15) is 4.79 Å². The van der Waals surface area contributed by atoms with Crippen LogP contribution in [0.4, 0.5) is 11.4 Å². The number of nitrogens with two attached hydrogens (primary N) is 1. The molecule has 1 aromatic carbocycles. The SMILES string of the molecule is Cc1cc(N)c(NC(=O)C2(C)CCCCC2)cc1C. The summed E-state index contributed by atoms with van der Waals surface area (Å²) in [4.78, 5) is 12.5. The number of hydrogen-bond acceptors (Lipinski definition) is 2. The first-order chi connectivity index (χ1) is 8.92. The van der Waals surface area contributed by atoms with Gasteiger partial charge in [-0.25, -0.2) is 0 Å². The minimum Gasteiger partial charge on any atom is -0.397 e. The van der Waals surface area contributed by atoms with E-state index in [0.717, 1.165) is 42.5 Å². The van der Waals surface area contributed by atoms with Gasteiger partial charge in [0.25, 0.3) is 0 Å². The number of nitrogen functional groups attached to an aromatic ring is 1. The molecule has 0 bridgehead atoms. The first-order valence-corrected chi connectivity index (χ1v) is 7.10. The first-order valence-electron chi connectivity index (χ1n) is 7.10. The van der Waals surface area contributed by atoms with E-state index in [2.05, 4.69) is 12.2 Å². The summed E-state index contributed by atoms with van der Waals surface area (Å²) in [6, 6.07) is 3.89. The van der Waals surface area contributed by atoms with Crippen molar-refractivity contribution >= 4 is 17.3 Å². The van der Waals surface area contributed by atoms with E-state index in [1.165, 1.54) is 6.42 Å². The van der Waals surface area contributed by atoms with Crippen molar-refractivity contribution in [2.24, 2.45) is 5.41 Å². The van der Waals surface area contributed by atoms with E-state index < -0.39 is 0 Å². The van der Waals surface area contributed by atoms with Crippen molar-refractivity contribution < 1.29 is 4.79 Å². The van der Waals surface area contributed by atoms with Crippen molar-refractivity contribution in [3.05, 3.63) is 23.3 Å². The fraction of sp³-hybridized carbons (Fsp3) is 0.562. The van der Waals surface area contributed by atoms with E-state index in [0.29, 0.717) is 5.69 Å². The number of rotatable bonds is 2. The van der Waals surface area contributed by atoms with Crippen molar-refractivity contribution in [1.82, 2.24) is 0 Å². The Morgan fingerprint density at radius 2 is 1.74 bits per heavy atom. The summed E-state index contributed by atoms with van der Waals surface area (Å²) in [7, 11) is 0. The number of amides is 1. The maximum absolute atomic E-state index is 12.5. The zero-order valence-corrected chi connectivity index (χ0v) is 12.2. The molecule has 0 unspecified atom stereocenters. The van der Waals surface area contributed by atoms with Gasteiger partial charge in [-0.3, -0.25) is 4.79 Å². The third-order valence-corrected chi connectivity index (χ3v) is 4.42. The molecule has 19 heavy (non-hydrogen) atoms. The maximum Gasteiger partial charge on any atom is 0.230 e. The minimum absolute atomic E-state index is 0.113. The molecule has 1 aromatic rings. The van der Waals surface area contributed by atoms with E-state index in [4.69, 9.17) is 5.73 Å². The van der Waals surface area contributed by atoms with E-state index in [-0.39, 0.29) is 11.3 Å². The van der Waals surface area contributed by atoms with E-state index >= 15 is 0 Å². The van der Waals surface area contributed by atoms with Crippen LogP contribution in [0.3, 0.4) is 0 Å². The second-order valence-electron chi connectivity index (χ2n) is 6.10. The zero-order chi connectivity index (χ0) is 14.0. The van der Waals surface area contributed by atoms with Crippen LogP contribution in [0.1, 0.15) is 50.2 Å². The summed E-state index contributed by atoms with van der Waals surface area (Å²) in [5.41, 5.74) is 9.47. The fourth-order valence-electron chi connectivity index (χ4n) is 2.78. The van der Waals surface area contributed by atoms with Gasteiger partial charge in [-0.05, 0) is 49.9 Å². The van der Waals surface area contributed by atoms with Crippen LogP contribution in [-0.2, 0) is 4.79 Å². The Bertz CT molecular complexity index is 488. The molecule has 0 spiro atoms. The standard InChI is InChI=1S/C16H24N2O/c1-11-9-13(17)14(10-12(11)2)18-15(19)16(3)7-5-4-6-8-16/h9-10H,4-8,17H2,1-3H3,(H,18,19). The number of hydrogen-bond donors (Lipinski definition) is 2. The van der Waals surface area contributed by atoms with Gasteiger partial charge >= 0.3 is 0 Å². The molecule has 0 heterocycles. The van der Waals surface area contributed by atoms with Gasteiger partial charge in [0.2, 0.25) is 5.91 Å². The molecule has 2 rings (SSSR count). The van der Waals surface area contributed by atoms with Crippen LogP contribution < -0.4 is 11.1 Å². The quantitative estimate of drug-likeness (QED) is 0.795. The Labute approximate surface area is 115 Å². The Balaban J connectivity index is 2.16. The molecular weight excluding hydrogens is 236 g/mol. The second-order valence-corrected chi connectivity index (χ2v) is 6.10. The van der Waals surface area contributed by atoms with Crippen LogP contribution in [0.2, 0.25) is 0 Å². The van der Waals surface area contributed by atoms with Crippen molar-refractivity contribution in [3.63, 3.8) is 0 Å². The van der Waals surface area contributed by atoms with E-state index in [1.807, 2.05) is 26.0 Å². The number of benzene rings is 1. The Morgan fingerprint density at radius 1 is 1.16 bits per heavy atom. The molecule has 1 saturated carbocycles. The van der Waals surface area contributed by atoms with Crippen molar-refractivity contribution in [3.8, 4) is 0 Å². The summed E-state index contributed by atoms with van der Waals surface area (Å²) in [6.45, 7) is 6.13. The maximum atomic E-state index is 12.5. The van der Waals surface area contributed by atoms with Gasteiger partial charge in [0.15, 0.2) is 0 Å². The molecule has 0 saturated heterocycles. The average molecular weight is 260 g/mol. The predicted molar refractivity (Wildman–Crippen MR) is 80.2 cm³/mol. The van der Waals surface area contributed by atoms with Crippen LogP contribution >= 0.6 is 0 Å². The molecular formula is C16H24N2O. The molecule has 1 amide bonds. The third kappa shape index (κ3) is 2.91. The average Bonchev–Trinajstić information content (AvgIpc) is 2.36. The van der Waals surface area contributed by atoms with Gasteiger partial charge in [0.1, 0.15) is 0 Å². The Hall–Kier alpha value is -1.51. The normalized spacial score (nSPS) is 18.1. The second kappa shape index (κ2) is 5.24. The summed E-state index contributed by atoms with van der Waals surface area (Å²) in [5, 5.41) is 3.02. The largest absolute Gasteiger partial charge is 0.397 e. The highest BCUT2D eigenvalue weighted by atomic mass is 16.2. The summed E-state index contributed by atoms with van der Waals surface area (Å²) in [6.07, 6.45) is 5.49. The number of carbonyl (C=O) groups is 1. The molecule has 0 aromatic heterocycles. The highest BCUT2D eigenvalue weighted by Gasteiger charge is 2.34. The summed E-state index contributed by atoms with van der Waals surface area (Å²) in [5.74, 6) is 0.113. The smallest absolute Gasteiger partial charge is 0.230 e. The van der Waals surface area contributed by atoms with Crippen LogP contribution in [0.5, 0.6) is 0 Å². The molecule has 3 heteroatoms. The lowest BCUT2D eigenvalue weighted by Gasteiger charge is -2.32. The highest BCUT2D eigenvalue weighted by Crippen LogP contribution is 2.37. The zero-order valence-electron chi connectivity index (χ0n) is 12.2. The molecule has 1 aliphatic rings. The molecule has 3 N–H and O–H groups in total. The van der Waals surface area contributed by atoms with Gasteiger partial charge in [0.05, 0.1) is 11.4 Å². The van der Waals surface area contributed by atoms with Crippen molar-refractivity contribution in [2.75, 3.05) is 11.1 Å². The molecule has 1 aliphatic carbocycles. The number of anilines is 2. The Morgan fingerprint density at radius 3 is 2.37 bits per heavy atom. The molecule has 1 fully saturated rings. The molecule has 0 aliphatic heterocycles. The summed E-state index contributed by atoms with van der Waals surface area (Å²) >= 11 is 0. The van der Waals surface area contributed by atoms with Gasteiger partial charge in [-0.15, -0.1) is 0 Å². The highest BCUT2D eigenvalue weighted by molar-refractivity contribution is 5.97. The number of nitrogens with one attached hydrogen (secondary N) is 1. The van der Waals surface area contributed by atoms with Crippen LogP contribution in [0, 0.1) is 19.3 Å². The molecule has 0 atom stereocenters. The third-order valence-electron chi connectivity index (χ3n) is 4.42. The van der Waals surface area contributed by atoms with E-state index in [1.54, 1.807) is 0 Å². The van der Waals surface area contributed by atoms with Gasteiger partial charge < -0.3 is 11.1 Å². The topological polar surface area (TPSA) is 55.1 Å². The fourth-order valence-corrected chi connectivity index (χ4v) is 2.78. The van der Waals surface area contributed by atoms with Crippen LogP contribution in [0.25, 0.3) is 0 Å². The lowest BCUT2D eigenvalue weighted by molar-refractivity contribution is -0.126. The number of carbonyl (C=O) groups excluding carboxylic acids is 1. The predicted octanol–water partition coefficient (Wildman–Crippen LogP) is 3.79. The minimum atomic E-state index is -0.233. The van der Waals surface area contributed by atoms with Crippen molar-refractivity contribution in [1.29, 1.82) is 0 Å². The van der Waals surface area contributed by atoms with Gasteiger partial charge in [-0.2, -0.15) is 0 Å². The molecule has 104 valence electrons. The first kappa shape index (κ1) is 13.9.